The molecule has 0 spiro atoms. The van der Waals surface area contributed by atoms with Crippen molar-refractivity contribution in [3.8, 4) is 0 Å². The number of benzene rings is 1. The molecule has 2 N–H and O–H groups in total. The minimum absolute atomic E-state index is 0.0346. The number of nitrogens with zero attached hydrogens (tertiary/aromatic N) is 2. The van der Waals surface area contributed by atoms with Gasteiger partial charge >= 0.3 is 6.09 Å². The fraction of sp³-hybridized carbons (Fsp3) is 0.357. The smallest absolute Gasteiger partial charge is 0.413 e. The highest BCUT2D eigenvalue weighted by Crippen LogP contribution is 2.15. The number of nitrogens with one attached hydrogen (secondary N) is 2. The number of carbonyl (C=O) groups excluding carboxylic acids is 2. The molecular weight excluding hydrogens is 336 g/mol. The van der Waals surface area contributed by atoms with Crippen LogP contribution in [0.1, 0.15) is 13.8 Å². The molecule has 0 saturated heterocycles. The average Bonchev–Trinajstić information content (AvgIpc) is 2.53. The molecule has 1 aromatic carbocycles. The summed E-state index contributed by atoms with van der Waals surface area (Å²) in [7, 11) is 0. The van der Waals surface area contributed by atoms with Gasteiger partial charge < -0.3 is 15.0 Å². The van der Waals surface area contributed by atoms with E-state index < -0.39 is 16.9 Å². The van der Waals surface area contributed by atoms with Crippen molar-refractivity contribution in [2.75, 3.05) is 25.0 Å². The molecule has 0 aliphatic rings. The van der Waals surface area contributed by atoms with E-state index in [0.29, 0.717) is 12.2 Å². The van der Waals surface area contributed by atoms with Gasteiger partial charge in [-0.2, -0.15) is 0 Å². The number of alkyl carbamates (subject to hydrolysis) is 1. The summed E-state index contributed by atoms with van der Waals surface area (Å²) in [6.45, 7) is 3.88. The van der Waals surface area contributed by atoms with Gasteiger partial charge in [-0.1, -0.05) is 0 Å². The highest BCUT2D eigenvalue weighted by atomic mass is 32.1. The lowest BCUT2D eigenvalue weighted by atomic mass is 10.3. The summed E-state index contributed by atoms with van der Waals surface area (Å²) in [5, 5.41) is 15.8. The minimum Gasteiger partial charge on any atom is -0.450 e. The number of imide groups is 1. The Morgan fingerprint density at radius 3 is 2.42 bits per heavy atom. The largest absolute Gasteiger partial charge is 0.450 e. The number of nitro groups is 1. The summed E-state index contributed by atoms with van der Waals surface area (Å²) in [6.07, 6.45) is -0.812. The van der Waals surface area contributed by atoms with Gasteiger partial charge in [0.25, 0.3) is 5.69 Å². The molecule has 2 amide bonds. The van der Waals surface area contributed by atoms with Crippen molar-refractivity contribution >= 4 is 40.7 Å². The summed E-state index contributed by atoms with van der Waals surface area (Å²) in [4.78, 5) is 34.6. The lowest BCUT2D eigenvalue weighted by molar-refractivity contribution is -0.384. The third kappa shape index (κ3) is 6.16. The topological polar surface area (TPSA) is 114 Å². The molecule has 1 aromatic rings. The van der Waals surface area contributed by atoms with Gasteiger partial charge in [0.2, 0.25) is 5.91 Å². The molecule has 9 nitrogen and oxygen atoms in total. The van der Waals surface area contributed by atoms with Gasteiger partial charge in [0.1, 0.15) is 0 Å². The molecule has 130 valence electrons. The maximum atomic E-state index is 11.8. The van der Waals surface area contributed by atoms with Gasteiger partial charge in [0.05, 0.1) is 18.1 Å². The van der Waals surface area contributed by atoms with E-state index in [9.17, 15) is 19.7 Å². The van der Waals surface area contributed by atoms with Gasteiger partial charge in [-0.3, -0.25) is 20.2 Å². The van der Waals surface area contributed by atoms with Gasteiger partial charge in [0.15, 0.2) is 5.11 Å². The van der Waals surface area contributed by atoms with E-state index in [-0.39, 0.29) is 24.0 Å². The van der Waals surface area contributed by atoms with Gasteiger partial charge in [-0.05, 0) is 38.2 Å². The SMILES string of the molecule is CCOC(=O)NC(=O)CN(CC)C(=S)Nc1ccc([N+](=O)[O-])cc1. The van der Waals surface area contributed by atoms with Crippen LogP contribution in [-0.2, 0) is 9.53 Å². The molecule has 0 fully saturated rings. The summed E-state index contributed by atoms with van der Waals surface area (Å²) in [6, 6.07) is 5.71. The number of nitro benzene ring substituents is 1. The first-order valence-corrected chi connectivity index (χ1v) is 7.55. The van der Waals surface area contributed by atoms with E-state index in [2.05, 4.69) is 15.4 Å². The van der Waals surface area contributed by atoms with E-state index >= 15 is 0 Å². The van der Waals surface area contributed by atoms with Crippen molar-refractivity contribution in [3.05, 3.63) is 34.4 Å². The summed E-state index contributed by atoms with van der Waals surface area (Å²) in [5.41, 5.74) is 0.516. The first-order chi connectivity index (χ1) is 11.4. The lowest BCUT2D eigenvalue weighted by Gasteiger charge is -2.23. The zero-order valence-electron chi connectivity index (χ0n) is 13.3. The molecule has 0 heterocycles. The van der Waals surface area contributed by atoms with Crippen LogP contribution >= 0.6 is 12.2 Å². The Labute approximate surface area is 144 Å². The number of rotatable bonds is 6. The Kier molecular flexibility index (Phi) is 7.56. The third-order valence-corrected chi connectivity index (χ3v) is 3.21. The summed E-state index contributed by atoms with van der Waals surface area (Å²) >= 11 is 5.21. The zero-order valence-corrected chi connectivity index (χ0v) is 14.1. The summed E-state index contributed by atoms with van der Waals surface area (Å²) < 4.78 is 4.62. The van der Waals surface area contributed by atoms with Crippen LogP contribution in [0.15, 0.2) is 24.3 Å². The van der Waals surface area contributed by atoms with Gasteiger partial charge in [-0.25, -0.2) is 4.79 Å². The molecule has 0 aromatic heterocycles. The number of likely N-dealkylation sites (N-methyl/N-ethyl adjacent to an activating group) is 1. The number of anilines is 1. The van der Waals surface area contributed by atoms with E-state index in [1.165, 1.54) is 29.2 Å². The number of thiocarbonyl (C=S) groups is 1. The second kappa shape index (κ2) is 9.40. The van der Waals surface area contributed by atoms with Crippen molar-refractivity contribution in [2.24, 2.45) is 0 Å². The predicted molar refractivity (Wildman–Crippen MR) is 91.7 cm³/mol. The Balaban J connectivity index is 2.61. The van der Waals surface area contributed by atoms with Crippen molar-refractivity contribution < 1.29 is 19.2 Å². The number of hydrogen-bond acceptors (Lipinski definition) is 6. The maximum absolute atomic E-state index is 11.8. The van der Waals surface area contributed by atoms with Crippen LogP contribution < -0.4 is 10.6 Å². The molecule has 0 unspecified atom stereocenters. The van der Waals surface area contributed by atoms with Crippen LogP contribution in [0.2, 0.25) is 0 Å². The quantitative estimate of drug-likeness (QED) is 0.452. The van der Waals surface area contributed by atoms with E-state index in [1.807, 2.05) is 0 Å². The van der Waals surface area contributed by atoms with Gasteiger partial charge in [-0.15, -0.1) is 0 Å². The number of ether oxygens (including phenoxy) is 1. The monoisotopic (exact) mass is 354 g/mol. The molecule has 10 heteroatoms. The van der Waals surface area contributed by atoms with Crippen LogP contribution in [0.3, 0.4) is 0 Å². The molecule has 0 radical (unpaired) electrons. The number of hydrogen-bond donors (Lipinski definition) is 2. The Hall–Kier alpha value is -2.75. The van der Waals surface area contributed by atoms with Crippen molar-refractivity contribution in [1.29, 1.82) is 0 Å². The molecule has 0 aliphatic heterocycles. The zero-order chi connectivity index (χ0) is 18.1. The van der Waals surface area contributed by atoms with Crippen LogP contribution in [0.5, 0.6) is 0 Å². The Morgan fingerprint density at radius 2 is 1.92 bits per heavy atom. The first kappa shape index (κ1) is 19.3. The lowest BCUT2D eigenvalue weighted by Crippen LogP contribution is -2.44. The van der Waals surface area contributed by atoms with Crippen molar-refractivity contribution in [2.45, 2.75) is 13.8 Å². The third-order valence-electron chi connectivity index (χ3n) is 2.85. The van der Waals surface area contributed by atoms with Gasteiger partial charge in [0, 0.05) is 24.4 Å². The first-order valence-electron chi connectivity index (χ1n) is 7.14. The fourth-order valence-electron chi connectivity index (χ4n) is 1.69. The van der Waals surface area contributed by atoms with Crippen molar-refractivity contribution in [1.82, 2.24) is 10.2 Å². The number of non-ortho nitro benzene ring substituents is 1. The van der Waals surface area contributed by atoms with Crippen LogP contribution in [0, 0.1) is 10.1 Å². The predicted octanol–water partition coefficient (Wildman–Crippen LogP) is 1.89. The normalized spacial score (nSPS) is 9.75. The molecule has 24 heavy (non-hydrogen) atoms. The van der Waals surface area contributed by atoms with Crippen LogP contribution in [-0.4, -0.2) is 46.6 Å². The van der Waals surface area contributed by atoms with E-state index in [0.717, 1.165) is 0 Å². The maximum Gasteiger partial charge on any atom is 0.413 e. The van der Waals surface area contributed by atoms with Crippen LogP contribution in [0.25, 0.3) is 0 Å². The van der Waals surface area contributed by atoms with E-state index in [4.69, 9.17) is 12.2 Å². The van der Waals surface area contributed by atoms with Crippen molar-refractivity contribution in [3.63, 3.8) is 0 Å². The highest BCUT2D eigenvalue weighted by Gasteiger charge is 2.15. The molecular formula is C14H18N4O5S. The Morgan fingerprint density at radius 1 is 1.29 bits per heavy atom. The summed E-state index contributed by atoms with van der Waals surface area (Å²) in [5.74, 6) is -0.553. The highest BCUT2D eigenvalue weighted by molar-refractivity contribution is 7.80. The molecule has 0 saturated carbocycles. The van der Waals surface area contributed by atoms with E-state index in [1.54, 1.807) is 13.8 Å². The second-order valence-electron chi connectivity index (χ2n) is 4.52. The number of amides is 2. The minimum atomic E-state index is -0.812. The molecule has 0 bridgehead atoms. The average molecular weight is 354 g/mol. The molecule has 0 atom stereocenters. The molecule has 1 rings (SSSR count). The fourth-order valence-corrected chi connectivity index (χ4v) is 2.00. The number of carbonyl (C=O) groups is 2. The standard InChI is InChI=1S/C14H18N4O5S/c1-3-17(9-12(19)16-14(20)23-4-2)13(24)15-10-5-7-11(8-6-10)18(21)22/h5-8H,3-4,9H2,1-2H3,(H,15,24)(H,16,19,20). The second-order valence-corrected chi connectivity index (χ2v) is 4.90. The molecule has 0 aliphatic carbocycles. The Bertz CT molecular complexity index is 620. The van der Waals surface area contributed by atoms with Crippen LogP contribution in [0.4, 0.5) is 16.2 Å².